The maximum atomic E-state index is 2.39. The van der Waals surface area contributed by atoms with Crippen LogP contribution >= 0.6 is 0 Å². The van der Waals surface area contributed by atoms with E-state index in [4.69, 9.17) is 0 Å². The van der Waals surface area contributed by atoms with Crippen LogP contribution in [-0.4, -0.2) is 0 Å². The molecule has 0 heterocycles. The lowest BCUT2D eigenvalue weighted by atomic mass is 9.91. The monoisotopic (exact) mass is 169 g/mol. The van der Waals surface area contributed by atoms with Crippen molar-refractivity contribution in [2.24, 2.45) is 11.8 Å². The first kappa shape index (κ1) is 12.0. The zero-order chi connectivity index (χ0) is 9.40. The van der Waals surface area contributed by atoms with Crippen molar-refractivity contribution < 1.29 is 0 Å². The summed E-state index contributed by atoms with van der Waals surface area (Å²) in [7, 11) is 0. The molecule has 0 nitrogen and oxygen atoms in total. The Bertz CT molecular complexity index is 86.0. The molecule has 0 saturated carbocycles. The molecule has 0 spiro atoms. The molecule has 0 N–H and O–H groups in total. The van der Waals surface area contributed by atoms with E-state index >= 15 is 0 Å². The fourth-order valence-corrected chi connectivity index (χ4v) is 1.86. The highest BCUT2D eigenvalue weighted by Gasteiger charge is 2.06. The Morgan fingerprint density at radius 1 is 1.17 bits per heavy atom. The maximum absolute atomic E-state index is 2.39. The first-order valence-electron chi connectivity index (χ1n) is 5.48. The number of hydrogen-bond acceptors (Lipinski definition) is 0. The molecule has 0 aromatic rings. The Morgan fingerprint density at radius 2 is 1.83 bits per heavy atom. The van der Waals surface area contributed by atoms with Crippen LogP contribution in [0.4, 0.5) is 0 Å². The van der Waals surface area contributed by atoms with Gasteiger partial charge in [0, 0.05) is 0 Å². The summed E-state index contributed by atoms with van der Waals surface area (Å²) in [5.41, 5.74) is 0. The summed E-state index contributed by atoms with van der Waals surface area (Å²) in [5, 5.41) is 0. The third-order valence-electron chi connectivity index (χ3n) is 2.49. The van der Waals surface area contributed by atoms with Crippen molar-refractivity contribution >= 4 is 0 Å². The first-order chi connectivity index (χ1) is 5.70. The second kappa shape index (κ2) is 7.64. The molecule has 12 heavy (non-hydrogen) atoms. The Morgan fingerprint density at radius 3 is 2.33 bits per heavy atom. The van der Waals surface area contributed by atoms with Crippen LogP contribution in [0.3, 0.4) is 0 Å². The molecular formula is C12H25. The van der Waals surface area contributed by atoms with Gasteiger partial charge in [0.2, 0.25) is 0 Å². The molecule has 0 bridgehead atoms. The summed E-state index contributed by atoms with van der Waals surface area (Å²) in [6.07, 6.45) is 9.16. The largest absolute Gasteiger partial charge is 0.0654 e. The van der Waals surface area contributed by atoms with Crippen LogP contribution in [0.2, 0.25) is 0 Å². The molecule has 73 valence electrons. The molecule has 0 aliphatic heterocycles. The van der Waals surface area contributed by atoms with Gasteiger partial charge in [-0.2, -0.15) is 0 Å². The Hall–Kier alpha value is 0. The van der Waals surface area contributed by atoms with Crippen LogP contribution < -0.4 is 0 Å². The lowest BCUT2D eigenvalue weighted by Crippen LogP contribution is -2.03. The lowest BCUT2D eigenvalue weighted by molar-refractivity contribution is 0.382. The van der Waals surface area contributed by atoms with E-state index in [-0.39, 0.29) is 0 Å². The molecular weight excluding hydrogens is 144 g/mol. The highest BCUT2D eigenvalue weighted by atomic mass is 14.1. The Balaban J connectivity index is 3.33. The Labute approximate surface area is 78.8 Å². The Kier molecular flexibility index (Phi) is 7.64. The van der Waals surface area contributed by atoms with E-state index in [0.717, 1.165) is 11.8 Å². The van der Waals surface area contributed by atoms with E-state index in [1.165, 1.54) is 32.1 Å². The molecule has 0 rings (SSSR count). The minimum Gasteiger partial charge on any atom is -0.0654 e. The van der Waals surface area contributed by atoms with Gasteiger partial charge in [0.25, 0.3) is 0 Å². The van der Waals surface area contributed by atoms with Gasteiger partial charge in [-0.15, -0.1) is 0 Å². The highest BCUT2D eigenvalue weighted by molar-refractivity contribution is 4.65. The molecule has 0 fully saturated rings. The first-order valence-corrected chi connectivity index (χ1v) is 5.48. The van der Waals surface area contributed by atoms with Crippen LogP contribution in [0.1, 0.15) is 59.8 Å². The van der Waals surface area contributed by atoms with Crippen LogP contribution in [0.25, 0.3) is 0 Å². The van der Waals surface area contributed by atoms with E-state index in [9.17, 15) is 0 Å². The topological polar surface area (TPSA) is 0 Å². The van der Waals surface area contributed by atoms with Gasteiger partial charge in [-0.05, 0) is 31.1 Å². The molecule has 0 aromatic heterocycles. The maximum Gasteiger partial charge on any atom is -0.0414 e. The van der Waals surface area contributed by atoms with Gasteiger partial charge in [0.15, 0.2) is 0 Å². The van der Waals surface area contributed by atoms with Gasteiger partial charge in [-0.1, -0.05) is 47.0 Å². The zero-order valence-electron chi connectivity index (χ0n) is 9.27. The highest BCUT2D eigenvalue weighted by Crippen LogP contribution is 2.20. The van der Waals surface area contributed by atoms with Crippen LogP contribution in [0.5, 0.6) is 0 Å². The molecule has 1 radical (unpaired) electrons. The summed E-state index contributed by atoms with van der Waals surface area (Å²) in [6, 6.07) is 0. The molecule has 0 saturated heterocycles. The standard InChI is InChI=1S/C12H25/c1-5-7-9-12(4)10-11(3)8-6-2/h6,11-12H,5,7-10H2,1-4H3. The minimum absolute atomic E-state index is 0.891. The summed E-state index contributed by atoms with van der Waals surface area (Å²) in [6.45, 7) is 9.19. The van der Waals surface area contributed by atoms with Crippen molar-refractivity contribution in [1.29, 1.82) is 0 Å². The summed E-state index contributed by atoms with van der Waals surface area (Å²) >= 11 is 0. The molecule has 0 aliphatic rings. The fraction of sp³-hybridized carbons (Fsp3) is 0.917. The van der Waals surface area contributed by atoms with E-state index in [1.807, 2.05) is 0 Å². The second-order valence-corrected chi connectivity index (χ2v) is 4.23. The number of hydrogen-bond donors (Lipinski definition) is 0. The smallest absolute Gasteiger partial charge is 0.0414 e. The summed E-state index contributed by atoms with van der Waals surface area (Å²) in [4.78, 5) is 0. The van der Waals surface area contributed by atoms with Crippen LogP contribution in [0.15, 0.2) is 0 Å². The van der Waals surface area contributed by atoms with Gasteiger partial charge >= 0.3 is 0 Å². The van der Waals surface area contributed by atoms with Gasteiger partial charge < -0.3 is 0 Å². The van der Waals surface area contributed by atoms with Gasteiger partial charge in [-0.25, -0.2) is 0 Å². The van der Waals surface area contributed by atoms with Crippen molar-refractivity contribution in [3.8, 4) is 0 Å². The average molecular weight is 169 g/mol. The van der Waals surface area contributed by atoms with Crippen molar-refractivity contribution in [3.63, 3.8) is 0 Å². The normalized spacial score (nSPS) is 16.0. The van der Waals surface area contributed by atoms with Gasteiger partial charge in [0.05, 0.1) is 0 Å². The van der Waals surface area contributed by atoms with Crippen molar-refractivity contribution in [2.75, 3.05) is 0 Å². The van der Waals surface area contributed by atoms with E-state index in [2.05, 4.69) is 34.1 Å². The third-order valence-corrected chi connectivity index (χ3v) is 2.49. The van der Waals surface area contributed by atoms with Crippen LogP contribution in [-0.2, 0) is 0 Å². The third kappa shape index (κ3) is 6.69. The summed E-state index contributed by atoms with van der Waals surface area (Å²) in [5.74, 6) is 1.82. The fourth-order valence-electron chi connectivity index (χ4n) is 1.86. The van der Waals surface area contributed by atoms with E-state index < -0.39 is 0 Å². The minimum atomic E-state index is 0.891. The second-order valence-electron chi connectivity index (χ2n) is 4.23. The van der Waals surface area contributed by atoms with E-state index in [0.29, 0.717) is 0 Å². The molecule has 0 heteroatoms. The SMILES string of the molecule is C[CH]CC(C)CC(C)CCCC. The van der Waals surface area contributed by atoms with E-state index in [1.54, 1.807) is 0 Å². The molecule has 0 aliphatic carbocycles. The number of unbranched alkanes of at least 4 members (excludes halogenated alkanes) is 1. The predicted molar refractivity (Wildman–Crippen MR) is 57.1 cm³/mol. The summed E-state index contributed by atoms with van der Waals surface area (Å²) < 4.78 is 0. The molecule has 0 aromatic carbocycles. The lowest BCUT2D eigenvalue weighted by Gasteiger charge is -2.15. The van der Waals surface area contributed by atoms with Crippen molar-refractivity contribution in [3.05, 3.63) is 6.42 Å². The molecule has 0 amide bonds. The van der Waals surface area contributed by atoms with Crippen molar-refractivity contribution in [2.45, 2.75) is 59.8 Å². The molecule has 2 unspecified atom stereocenters. The van der Waals surface area contributed by atoms with Gasteiger partial charge in [0.1, 0.15) is 0 Å². The number of rotatable bonds is 7. The predicted octanol–water partition coefficient (Wildman–Crippen LogP) is 4.45. The molecule has 2 atom stereocenters. The average Bonchev–Trinajstić information content (AvgIpc) is 2.01. The van der Waals surface area contributed by atoms with Crippen LogP contribution in [0, 0.1) is 18.3 Å². The quantitative estimate of drug-likeness (QED) is 0.528. The van der Waals surface area contributed by atoms with Crippen molar-refractivity contribution in [1.82, 2.24) is 0 Å². The zero-order valence-corrected chi connectivity index (χ0v) is 9.27. The van der Waals surface area contributed by atoms with Gasteiger partial charge in [-0.3, -0.25) is 0 Å².